The van der Waals surface area contributed by atoms with Gasteiger partial charge < -0.3 is 19.8 Å². The zero-order valence-corrected chi connectivity index (χ0v) is 14.6. The summed E-state index contributed by atoms with van der Waals surface area (Å²) in [5.41, 5.74) is 1.20. The van der Waals surface area contributed by atoms with Crippen molar-refractivity contribution >= 4 is 11.8 Å². The van der Waals surface area contributed by atoms with E-state index < -0.39 is 12.1 Å². The molecule has 2 aliphatic rings. The van der Waals surface area contributed by atoms with Gasteiger partial charge in [0.25, 0.3) is 0 Å². The zero-order chi connectivity index (χ0) is 18.3. The summed E-state index contributed by atoms with van der Waals surface area (Å²) in [6, 6.07) is 13.5. The third kappa shape index (κ3) is 2.48. The number of hydrogen-bond donors (Lipinski definition) is 2. The van der Waals surface area contributed by atoms with Crippen molar-refractivity contribution in [2.45, 2.75) is 12.0 Å². The molecule has 1 aliphatic heterocycles. The molecule has 2 heterocycles. The Hall–Kier alpha value is -2.44. The lowest BCUT2D eigenvalue weighted by molar-refractivity contribution is 0.0600. The van der Waals surface area contributed by atoms with Gasteiger partial charge in [0, 0.05) is 31.3 Å². The Morgan fingerprint density at radius 3 is 2.69 bits per heavy atom. The number of β-amino-alcohol motifs (C(OH)–C–C–N with tert-alkyl or cyclic N) is 1. The molecule has 4 rings (SSSR count). The molecular formula is C20H22N2O4. The molecule has 1 saturated heterocycles. The number of pyridine rings is 1. The SMILES string of the molecule is COC(=O)c1ccc(N2C[C@@H](O)[C@@]3(C2)[C@H](CO)[C@H]3c2ccccc2)nc1. The first kappa shape index (κ1) is 17.0. The second-order valence-corrected chi connectivity index (χ2v) is 7.08. The van der Waals surface area contributed by atoms with E-state index in [1.165, 1.54) is 13.3 Å². The van der Waals surface area contributed by atoms with Crippen LogP contribution < -0.4 is 4.90 Å². The number of esters is 1. The van der Waals surface area contributed by atoms with Crippen LogP contribution >= 0.6 is 0 Å². The zero-order valence-electron chi connectivity index (χ0n) is 14.6. The molecule has 1 aromatic heterocycles. The van der Waals surface area contributed by atoms with Crippen molar-refractivity contribution in [3.63, 3.8) is 0 Å². The number of nitrogens with zero attached hydrogens (tertiary/aromatic N) is 2. The molecule has 2 N–H and O–H groups in total. The van der Waals surface area contributed by atoms with Gasteiger partial charge in [-0.2, -0.15) is 0 Å². The highest BCUT2D eigenvalue weighted by molar-refractivity contribution is 5.89. The molecule has 2 fully saturated rings. The van der Waals surface area contributed by atoms with E-state index in [2.05, 4.69) is 17.1 Å². The quantitative estimate of drug-likeness (QED) is 0.809. The van der Waals surface area contributed by atoms with Crippen molar-refractivity contribution in [1.29, 1.82) is 0 Å². The van der Waals surface area contributed by atoms with Crippen LogP contribution in [0.5, 0.6) is 0 Å². The van der Waals surface area contributed by atoms with Crippen molar-refractivity contribution in [3.05, 3.63) is 59.8 Å². The topological polar surface area (TPSA) is 82.9 Å². The number of ether oxygens (including phenoxy) is 1. The predicted octanol–water partition coefficient (Wildman–Crippen LogP) is 1.44. The lowest BCUT2D eigenvalue weighted by atomic mass is 9.95. The van der Waals surface area contributed by atoms with E-state index in [0.29, 0.717) is 24.5 Å². The summed E-state index contributed by atoms with van der Waals surface area (Å²) in [5, 5.41) is 20.7. The maximum atomic E-state index is 11.5. The van der Waals surface area contributed by atoms with Crippen molar-refractivity contribution in [3.8, 4) is 0 Å². The first-order valence-corrected chi connectivity index (χ1v) is 8.75. The van der Waals surface area contributed by atoms with Crippen LogP contribution in [0.3, 0.4) is 0 Å². The van der Waals surface area contributed by atoms with E-state index in [-0.39, 0.29) is 23.9 Å². The van der Waals surface area contributed by atoms with E-state index in [9.17, 15) is 15.0 Å². The normalized spacial score (nSPS) is 29.8. The summed E-state index contributed by atoms with van der Waals surface area (Å²) in [6.07, 6.45) is 0.954. The summed E-state index contributed by atoms with van der Waals surface area (Å²) in [4.78, 5) is 17.9. The Kier molecular flexibility index (Phi) is 4.17. The average molecular weight is 354 g/mol. The van der Waals surface area contributed by atoms with Crippen LogP contribution in [0.2, 0.25) is 0 Å². The molecule has 0 bridgehead atoms. The molecule has 0 amide bonds. The number of benzene rings is 1. The van der Waals surface area contributed by atoms with Crippen LogP contribution in [0.15, 0.2) is 48.7 Å². The lowest BCUT2D eigenvalue weighted by Gasteiger charge is -2.17. The lowest BCUT2D eigenvalue weighted by Crippen LogP contribution is -2.23. The van der Waals surface area contributed by atoms with Gasteiger partial charge in [0.15, 0.2) is 0 Å². The fraction of sp³-hybridized carbons (Fsp3) is 0.400. The summed E-state index contributed by atoms with van der Waals surface area (Å²) >= 11 is 0. The van der Waals surface area contributed by atoms with E-state index in [0.717, 1.165) is 5.56 Å². The summed E-state index contributed by atoms with van der Waals surface area (Å²) in [6.45, 7) is 1.15. The van der Waals surface area contributed by atoms with Gasteiger partial charge in [-0.05, 0) is 29.5 Å². The smallest absolute Gasteiger partial charge is 0.339 e. The summed E-state index contributed by atoms with van der Waals surface area (Å²) < 4.78 is 4.69. The minimum Gasteiger partial charge on any atom is -0.465 e. The minimum absolute atomic E-state index is 0.0410. The monoisotopic (exact) mass is 354 g/mol. The van der Waals surface area contributed by atoms with Crippen LogP contribution in [0.25, 0.3) is 0 Å². The van der Waals surface area contributed by atoms with Gasteiger partial charge in [-0.15, -0.1) is 0 Å². The molecule has 26 heavy (non-hydrogen) atoms. The van der Waals surface area contributed by atoms with E-state index in [1.807, 2.05) is 23.1 Å². The molecule has 1 spiro atoms. The van der Waals surface area contributed by atoms with E-state index in [1.54, 1.807) is 12.1 Å². The van der Waals surface area contributed by atoms with Crippen molar-refractivity contribution < 1.29 is 19.7 Å². The minimum atomic E-state index is -0.535. The van der Waals surface area contributed by atoms with Crippen molar-refractivity contribution in [2.24, 2.45) is 11.3 Å². The Balaban J connectivity index is 1.57. The Morgan fingerprint density at radius 1 is 1.31 bits per heavy atom. The fourth-order valence-corrected chi connectivity index (χ4v) is 4.55. The van der Waals surface area contributed by atoms with Gasteiger partial charge in [-0.3, -0.25) is 0 Å². The van der Waals surface area contributed by atoms with Crippen LogP contribution in [0.4, 0.5) is 5.82 Å². The number of carbonyl (C=O) groups excluding carboxylic acids is 1. The molecule has 6 heteroatoms. The molecule has 1 saturated carbocycles. The molecule has 136 valence electrons. The highest BCUT2D eigenvalue weighted by atomic mass is 16.5. The first-order chi connectivity index (χ1) is 12.6. The number of aromatic nitrogens is 1. The van der Waals surface area contributed by atoms with Gasteiger partial charge in [0.05, 0.1) is 18.8 Å². The van der Waals surface area contributed by atoms with E-state index >= 15 is 0 Å². The second-order valence-electron chi connectivity index (χ2n) is 7.08. The number of aliphatic hydroxyl groups excluding tert-OH is 2. The molecule has 1 aliphatic carbocycles. The third-order valence-electron chi connectivity index (χ3n) is 5.89. The molecule has 0 unspecified atom stereocenters. The van der Waals surface area contributed by atoms with Crippen LogP contribution in [0, 0.1) is 11.3 Å². The van der Waals surface area contributed by atoms with Crippen LogP contribution in [0.1, 0.15) is 21.8 Å². The molecular weight excluding hydrogens is 332 g/mol. The summed E-state index contributed by atoms with van der Waals surface area (Å²) in [7, 11) is 1.34. The third-order valence-corrected chi connectivity index (χ3v) is 5.89. The van der Waals surface area contributed by atoms with Crippen LogP contribution in [-0.4, -0.2) is 54.1 Å². The van der Waals surface area contributed by atoms with Crippen molar-refractivity contribution in [2.75, 3.05) is 31.7 Å². The number of rotatable bonds is 4. The molecule has 0 radical (unpaired) electrons. The molecule has 1 aromatic carbocycles. The standard InChI is InChI=1S/C20H22N2O4/c1-26-19(25)14-7-8-17(21-9-14)22-10-16(24)20(12-22)15(11-23)18(20)13-5-3-2-4-6-13/h2-9,15-16,18,23-24H,10-12H2,1H3/t15-,16-,18-,20-/m1/s1. The average Bonchev–Trinajstić information content (AvgIpc) is 3.23. The van der Waals surface area contributed by atoms with Gasteiger partial charge in [-0.1, -0.05) is 30.3 Å². The Bertz CT molecular complexity index is 795. The van der Waals surface area contributed by atoms with E-state index in [4.69, 9.17) is 4.74 Å². The Labute approximate surface area is 152 Å². The second kappa shape index (κ2) is 6.37. The van der Waals surface area contributed by atoms with Gasteiger partial charge in [-0.25, -0.2) is 9.78 Å². The largest absolute Gasteiger partial charge is 0.465 e. The number of carbonyl (C=O) groups is 1. The Morgan fingerprint density at radius 2 is 2.08 bits per heavy atom. The molecule has 4 atom stereocenters. The van der Waals surface area contributed by atoms with Gasteiger partial charge >= 0.3 is 5.97 Å². The predicted molar refractivity (Wildman–Crippen MR) is 96.0 cm³/mol. The number of anilines is 1. The highest BCUT2D eigenvalue weighted by Crippen LogP contribution is 2.68. The number of methoxy groups -OCH3 is 1. The maximum absolute atomic E-state index is 11.5. The molecule has 6 nitrogen and oxygen atoms in total. The van der Waals surface area contributed by atoms with Crippen molar-refractivity contribution in [1.82, 2.24) is 4.98 Å². The van der Waals surface area contributed by atoms with Crippen LogP contribution in [-0.2, 0) is 4.74 Å². The number of aliphatic hydroxyl groups is 2. The summed E-state index contributed by atoms with van der Waals surface area (Å²) in [5.74, 6) is 0.472. The van der Waals surface area contributed by atoms with Gasteiger partial charge in [0.2, 0.25) is 0 Å². The van der Waals surface area contributed by atoms with Gasteiger partial charge in [0.1, 0.15) is 5.82 Å². The fourth-order valence-electron chi connectivity index (χ4n) is 4.55. The maximum Gasteiger partial charge on any atom is 0.339 e. The number of hydrogen-bond acceptors (Lipinski definition) is 6. The highest BCUT2D eigenvalue weighted by Gasteiger charge is 2.71. The molecule has 2 aromatic rings. The first-order valence-electron chi connectivity index (χ1n) is 8.75.